The van der Waals surface area contributed by atoms with Crippen molar-refractivity contribution in [1.29, 1.82) is 0 Å². The van der Waals surface area contributed by atoms with Crippen LogP contribution in [0.4, 0.5) is 0 Å². The summed E-state index contributed by atoms with van der Waals surface area (Å²) in [6.45, 7) is 0. The zero-order chi connectivity index (χ0) is 13.8. The van der Waals surface area contributed by atoms with Crippen molar-refractivity contribution in [2.24, 2.45) is 0 Å². The average molecular weight is 257 g/mol. The first kappa shape index (κ1) is 12.8. The number of aromatic nitrogens is 1. The number of aromatic amines is 1. The van der Waals surface area contributed by atoms with Gasteiger partial charge in [0.15, 0.2) is 11.6 Å². The van der Waals surface area contributed by atoms with Crippen LogP contribution in [-0.4, -0.2) is 27.6 Å². The Morgan fingerprint density at radius 2 is 1.74 bits per heavy atom. The number of Topliss-reactive ketones (excluding diaryl/α,β-unsaturated/α-hetero) is 1. The van der Waals surface area contributed by atoms with E-state index in [2.05, 4.69) is 4.98 Å². The van der Waals surface area contributed by atoms with Gasteiger partial charge in [-0.2, -0.15) is 0 Å². The van der Waals surface area contributed by atoms with E-state index in [1.165, 1.54) is 12.3 Å². The number of hydrogen-bond acceptors (Lipinski definition) is 3. The van der Waals surface area contributed by atoms with Crippen molar-refractivity contribution in [3.63, 3.8) is 0 Å². The Morgan fingerprint density at radius 3 is 2.37 bits per heavy atom. The molecule has 0 aliphatic carbocycles. The minimum atomic E-state index is -1.20. The molecule has 0 saturated heterocycles. The molecule has 19 heavy (non-hydrogen) atoms. The highest BCUT2D eigenvalue weighted by molar-refractivity contribution is 6.11. The second kappa shape index (κ2) is 5.30. The van der Waals surface area contributed by atoms with Gasteiger partial charge in [-0.1, -0.05) is 30.3 Å². The summed E-state index contributed by atoms with van der Waals surface area (Å²) >= 11 is 0. The summed E-state index contributed by atoms with van der Waals surface area (Å²) in [5.74, 6) is -1.97. The molecule has 96 valence electrons. The smallest absolute Gasteiger partial charge is 0.311 e. The summed E-state index contributed by atoms with van der Waals surface area (Å²) in [6, 6.07) is 10.0. The van der Waals surface area contributed by atoms with Crippen LogP contribution in [-0.2, 0) is 4.79 Å². The molecule has 5 nitrogen and oxygen atoms in total. The maximum Gasteiger partial charge on any atom is 0.311 e. The van der Waals surface area contributed by atoms with Crippen LogP contribution >= 0.6 is 0 Å². The number of carboxylic acids is 1. The second-order valence-corrected chi connectivity index (χ2v) is 3.99. The lowest BCUT2D eigenvalue weighted by Crippen LogP contribution is -2.07. The van der Waals surface area contributed by atoms with Crippen molar-refractivity contribution in [3.8, 4) is 0 Å². The van der Waals surface area contributed by atoms with Crippen LogP contribution in [0.5, 0.6) is 0 Å². The summed E-state index contributed by atoms with van der Waals surface area (Å²) in [5.41, 5.74) is 0.973. The number of carboxylic acid groups (broad SMARTS) is 1. The minimum absolute atomic E-state index is 0.127. The number of benzene rings is 1. The van der Waals surface area contributed by atoms with Crippen LogP contribution in [0.25, 0.3) is 0 Å². The van der Waals surface area contributed by atoms with Gasteiger partial charge >= 0.3 is 5.97 Å². The molecule has 2 aromatic rings. The molecule has 2 rings (SSSR count). The quantitative estimate of drug-likeness (QED) is 0.632. The molecule has 0 amide bonds. The predicted octanol–water partition coefficient (Wildman–Crippen LogP) is 1.90. The molecular formula is C14H11NO4. The Bertz CT molecular complexity index is 628. The normalized spacial score (nSPS) is 10.1. The number of nitrogens with one attached hydrogen (secondary N) is 1. The van der Waals surface area contributed by atoms with Crippen LogP contribution in [0.1, 0.15) is 32.8 Å². The Kier molecular flexibility index (Phi) is 3.56. The van der Waals surface area contributed by atoms with E-state index in [0.717, 1.165) is 0 Å². The van der Waals surface area contributed by atoms with Gasteiger partial charge in [0, 0.05) is 17.3 Å². The van der Waals surface area contributed by atoms with Crippen molar-refractivity contribution in [3.05, 3.63) is 59.4 Å². The highest BCUT2D eigenvalue weighted by Gasteiger charge is 2.16. The molecule has 1 heterocycles. The van der Waals surface area contributed by atoms with Gasteiger partial charge in [0.05, 0.1) is 5.69 Å². The fraction of sp³-hybridized carbons (Fsp3) is 0.0714. The molecule has 0 spiro atoms. The standard InChI is InChI=1S/C14H11NO4/c16-12(7-13(17)18)11-6-10(8-15-11)14(19)9-4-2-1-3-5-9/h1-6,8,15H,7H2,(H,17,18). The Balaban J connectivity index is 2.20. The average Bonchev–Trinajstić information content (AvgIpc) is 2.88. The van der Waals surface area contributed by atoms with Crippen molar-refractivity contribution >= 4 is 17.5 Å². The van der Waals surface area contributed by atoms with Gasteiger partial charge in [-0.3, -0.25) is 14.4 Å². The summed E-state index contributed by atoms with van der Waals surface area (Å²) in [5, 5.41) is 8.54. The number of carbonyl (C=O) groups is 3. The highest BCUT2D eigenvalue weighted by atomic mass is 16.4. The molecule has 0 unspecified atom stereocenters. The molecule has 0 aliphatic rings. The molecule has 0 aliphatic heterocycles. The summed E-state index contributed by atoms with van der Waals surface area (Å²) in [7, 11) is 0. The first-order valence-electron chi connectivity index (χ1n) is 5.61. The molecule has 5 heteroatoms. The lowest BCUT2D eigenvalue weighted by Gasteiger charge is -1.96. The number of aliphatic carboxylic acids is 1. The zero-order valence-electron chi connectivity index (χ0n) is 9.92. The van der Waals surface area contributed by atoms with Gasteiger partial charge in [-0.15, -0.1) is 0 Å². The SMILES string of the molecule is O=C(O)CC(=O)c1cc(C(=O)c2ccccc2)c[nH]1. The lowest BCUT2D eigenvalue weighted by atomic mass is 10.1. The third-order valence-electron chi connectivity index (χ3n) is 2.59. The van der Waals surface area contributed by atoms with Gasteiger partial charge in [0.1, 0.15) is 6.42 Å². The van der Waals surface area contributed by atoms with Crippen LogP contribution in [0.3, 0.4) is 0 Å². The number of hydrogen-bond donors (Lipinski definition) is 2. The van der Waals surface area contributed by atoms with E-state index in [4.69, 9.17) is 5.11 Å². The van der Waals surface area contributed by atoms with Crippen molar-refractivity contribution in [1.82, 2.24) is 4.98 Å². The highest BCUT2D eigenvalue weighted by Crippen LogP contribution is 2.12. The topological polar surface area (TPSA) is 87.2 Å². The molecule has 0 saturated carbocycles. The molecule has 0 atom stereocenters. The first-order valence-corrected chi connectivity index (χ1v) is 5.61. The van der Waals surface area contributed by atoms with Crippen LogP contribution in [0, 0.1) is 0 Å². The van der Waals surface area contributed by atoms with Crippen LogP contribution < -0.4 is 0 Å². The van der Waals surface area contributed by atoms with E-state index in [-0.39, 0.29) is 11.5 Å². The number of carbonyl (C=O) groups excluding carboxylic acids is 2. The molecule has 0 fully saturated rings. The predicted molar refractivity (Wildman–Crippen MR) is 67.3 cm³/mol. The molecule has 1 aromatic heterocycles. The van der Waals surface area contributed by atoms with Crippen LogP contribution in [0.15, 0.2) is 42.6 Å². The molecule has 0 radical (unpaired) electrons. The van der Waals surface area contributed by atoms with E-state index in [0.29, 0.717) is 11.1 Å². The Hall–Kier alpha value is -2.69. The van der Waals surface area contributed by atoms with E-state index in [9.17, 15) is 14.4 Å². The minimum Gasteiger partial charge on any atom is -0.481 e. The van der Waals surface area contributed by atoms with Crippen molar-refractivity contribution in [2.75, 3.05) is 0 Å². The van der Waals surface area contributed by atoms with Gasteiger partial charge in [0.25, 0.3) is 0 Å². The molecule has 2 N–H and O–H groups in total. The fourth-order valence-electron chi connectivity index (χ4n) is 1.68. The van der Waals surface area contributed by atoms with Gasteiger partial charge in [0.2, 0.25) is 0 Å². The summed E-state index contributed by atoms with van der Waals surface area (Å²) < 4.78 is 0. The van der Waals surface area contributed by atoms with Crippen molar-refractivity contribution in [2.45, 2.75) is 6.42 Å². The maximum atomic E-state index is 12.1. The lowest BCUT2D eigenvalue weighted by molar-refractivity contribution is -0.135. The fourth-order valence-corrected chi connectivity index (χ4v) is 1.68. The summed E-state index contributed by atoms with van der Waals surface area (Å²) in [4.78, 5) is 36.6. The molecule has 1 aromatic carbocycles. The molecular weight excluding hydrogens is 246 g/mol. The van der Waals surface area contributed by atoms with Gasteiger partial charge in [-0.05, 0) is 6.07 Å². The van der Waals surface area contributed by atoms with Gasteiger partial charge < -0.3 is 10.1 Å². The molecule has 0 bridgehead atoms. The van der Waals surface area contributed by atoms with E-state index in [1.807, 2.05) is 0 Å². The number of rotatable bonds is 5. The monoisotopic (exact) mass is 257 g/mol. The number of H-pyrrole nitrogens is 1. The van der Waals surface area contributed by atoms with E-state index >= 15 is 0 Å². The van der Waals surface area contributed by atoms with E-state index in [1.54, 1.807) is 30.3 Å². The maximum absolute atomic E-state index is 12.1. The van der Waals surface area contributed by atoms with Crippen molar-refractivity contribution < 1.29 is 19.5 Å². The zero-order valence-corrected chi connectivity index (χ0v) is 9.92. The number of ketones is 2. The van der Waals surface area contributed by atoms with E-state index < -0.39 is 18.2 Å². The third-order valence-corrected chi connectivity index (χ3v) is 2.59. The van der Waals surface area contributed by atoms with Crippen LogP contribution in [0.2, 0.25) is 0 Å². The summed E-state index contributed by atoms with van der Waals surface area (Å²) in [6.07, 6.45) is 0.809. The Morgan fingerprint density at radius 1 is 1.05 bits per heavy atom. The van der Waals surface area contributed by atoms with Gasteiger partial charge in [-0.25, -0.2) is 0 Å². The first-order chi connectivity index (χ1) is 9.08. The second-order valence-electron chi connectivity index (χ2n) is 3.99. The Labute approximate surface area is 108 Å². The third kappa shape index (κ3) is 2.95. The largest absolute Gasteiger partial charge is 0.481 e.